The molecular weight excluding hydrogens is 272 g/mol. The minimum atomic E-state index is -0.288. The Labute approximate surface area is 125 Å². The first kappa shape index (κ1) is 17.6. The minimum absolute atomic E-state index is 0.0392. The lowest BCUT2D eigenvalue weighted by Gasteiger charge is -2.20. The summed E-state index contributed by atoms with van der Waals surface area (Å²) in [4.78, 5) is 11.3. The molecular formula is C15H24N2O4. The second-order valence-electron chi connectivity index (χ2n) is 4.71. The highest BCUT2D eigenvalue weighted by Crippen LogP contribution is 2.05. The van der Waals surface area contributed by atoms with E-state index in [4.69, 9.17) is 19.9 Å². The molecule has 0 unspecified atom stereocenters. The van der Waals surface area contributed by atoms with Gasteiger partial charge < -0.3 is 25.3 Å². The molecule has 0 radical (unpaired) electrons. The van der Waals surface area contributed by atoms with E-state index in [0.717, 1.165) is 5.56 Å². The van der Waals surface area contributed by atoms with Crippen LogP contribution >= 0.6 is 0 Å². The molecule has 0 fully saturated rings. The fourth-order valence-electron chi connectivity index (χ4n) is 1.55. The molecule has 1 aromatic rings. The number of ether oxygens (including phenoxy) is 3. The summed E-state index contributed by atoms with van der Waals surface area (Å²) < 4.78 is 15.7. The quantitative estimate of drug-likeness (QED) is 0.620. The fraction of sp³-hybridized carbons (Fsp3) is 0.533. The average molecular weight is 296 g/mol. The Morgan fingerprint density at radius 2 is 2.05 bits per heavy atom. The monoisotopic (exact) mass is 296 g/mol. The number of hydrogen-bond donors (Lipinski definition) is 2. The van der Waals surface area contributed by atoms with Crippen molar-refractivity contribution in [1.82, 2.24) is 5.32 Å². The standard InChI is InChI=1S/C15H24N2O4/c1-12(21-8-13-6-4-3-5-7-13)14(16)9-20-10-15(18)17-11-19-2/h3-7,12,14H,8-11,16H2,1-2H3,(H,17,18)/t12-,14-/m1/s1. The number of carbonyl (C=O) groups excluding carboxylic acids is 1. The first-order chi connectivity index (χ1) is 10.1. The molecule has 2 atom stereocenters. The summed E-state index contributed by atoms with van der Waals surface area (Å²) in [6.07, 6.45) is -0.160. The Kier molecular flexibility index (Phi) is 8.61. The number of nitrogens with two attached hydrogens (primary N) is 1. The van der Waals surface area contributed by atoms with Crippen molar-refractivity contribution in [3.05, 3.63) is 35.9 Å². The van der Waals surface area contributed by atoms with E-state index >= 15 is 0 Å². The number of hydrogen-bond acceptors (Lipinski definition) is 5. The van der Waals surface area contributed by atoms with Crippen molar-refractivity contribution in [3.63, 3.8) is 0 Å². The van der Waals surface area contributed by atoms with Crippen LogP contribution in [0.25, 0.3) is 0 Å². The topological polar surface area (TPSA) is 82.8 Å². The molecule has 6 heteroatoms. The van der Waals surface area contributed by atoms with Gasteiger partial charge in [0.15, 0.2) is 0 Å². The van der Waals surface area contributed by atoms with Crippen LogP contribution in [0.4, 0.5) is 0 Å². The zero-order valence-corrected chi connectivity index (χ0v) is 12.6. The minimum Gasteiger partial charge on any atom is -0.372 e. The lowest BCUT2D eigenvalue weighted by molar-refractivity contribution is -0.127. The highest BCUT2D eigenvalue weighted by atomic mass is 16.5. The van der Waals surface area contributed by atoms with Crippen LogP contribution in [0.5, 0.6) is 0 Å². The molecule has 1 rings (SSSR count). The van der Waals surface area contributed by atoms with Gasteiger partial charge in [-0.05, 0) is 12.5 Å². The lowest BCUT2D eigenvalue weighted by Crippen LogP contribution is -2.40. The van der Waals surface area contributed by atoms with Crippen molar-refractivity contribution in [2.45, 2.75) is 25.7 Å². The van der Waals surface area contributed by atoms with Crippen LogP contribution in [-0.4, -0.2) is 45.1 Å². The molecule has 0 saturated heterocycles. The van der Waals surface area contributed by atoms with Gasteiger partial charge in [-0.2, -0.15) is 0 Å². The third-order valence-corrected chi connectivity index (χ3v) is 2.92. The van der Waals surface area contributed by atoms with E-state index < -0.39 is 0 Å². The van der Waals surface area contributed by atoms with Crippen molar-refractivity contribution < 1.29 is 19.0 Å². The van der Waals surface area contributed by atoms with E-state index in [9.17, 15) is 4.79 Å². The van der Waals surface area contributed by atoms with Crippen LogP contribution < -0.4 is 11.1 Å². The summed E-state index contributed by atoms with van der Waals surface area (Å²) in [5.41, 5.74) is 7.06. The predicted octanol–water partition coefficient (Wildman–Crippen LogP) is 0.656. The maximum atomic E-state index is 11.3. The van der Waals surface area contributed by atoms with Gasteiger partial charge in [-0.15, -0.1) is 0 Å². The fourth-order valence-corrected chi connectivity index (χ4v) is 1.55. The van der Waals surface area contributed by atoms with Crippen LogP contribution in [0, 0.1) is 0 Å². The van der Waals surface area contributed by atoms with Crippen LogP contribution in [-0.2, 0) is 25.6 Å². The van der Waals surface area contributed by atoms with Gasteiger partial charge in [-0.3, -0.25) is 4.79 Å². The van der Waals surface area contributed by atoms with Gasteiger partial charge in [-0.1, -0.05) is 30.3 Å². The van der Waals surface area contributed by atoms with E-state index in [1.165, 1.54) is 7.11 Å². The van der Waals surface area contributed by atoms with Crippen LogP contribution in [0.15, 0.2) is 30.3 Å². The van der Waals surface area contributed by atoms with Crippen LogP contribution in [0.1, 0.15) is 12.5 Å². The summed E-state index contributed by atoms with van der Waals surface area (Å²) in [5.74, 6) is -0.234. The van der Waals surface area contributed by atoms with Gasteiger partial charge in [0.25, 0.3) is 0 Å². The molecule has 6 nitrogen and oxygen atoms in total. The van der Waals surface area contributed by atoms with Gasteiger partial charge in [-0.25, -0.2) is 0 Å². The zero-order chi connectivity index (χ0) is 15.5. The Bertz CT molecular complexity index is 400. The first-order valence-corrected chi connectivity index (χ1v) is 6.88. The molecule has 1 amide bonds. The van der Waals surface area contributed by atoms with E-state index in [1.54, 1.807) is 0 Å². The van der Waals surface area contributed by atoms with Crippen molar-refractivity contribution >= 4 is 5.91 Å². The summed E-state index contributed by atoms with van der Waals surface area (Å²) >= 11 is 0. The van der Waals surface area contributed by atoms with Gasteiger partial charge >= 0.3 is 0 Å². The highest BCUT2D eigenvalue weighted by molar-refractivity contribution is 5.76. The molecule has 0 aliphatic rings. The second kappa shape index (κ2) is 10.3. The molecule has 0 bridgehead atoms. The molecule has 3 N–H and O–H groups in total. The molecule has 0 heterocycles. The molecule has 21 heavy (non-hydrogen) atoms. The Morgan fingerprint density at radius 3 is 2.71 bits per heavy atom. The lowest BCUT2D eigenvalue weighted by atomic mass is 10.2. The average Bonchev–Trinajstić information content (AvgIpc) is 2.51. The van der Waals surface area contributed by atoms with E-state index in [1.807, 2.05) is 37.3 Å². The number of amides is 1. The number of benzene rings is 1. The van der Waals surface area contributed by atoms with E-state index in [2.05, 4.69) is 5.32 Å². The van der Waals surface area contributed by atoms with E-state index in [0.29, 0.717) is 6.61 Å². The molecule has 0 aliphatic heterocycles. The molecule has 0 aliphatic carbocycles. The van der Waals surface area contributed by atoms with Crippen molar-refractivity contribution in [1.29, 1.82) is 0 Å². The van der Waals surface area contributed by atoms with Gasteiger partial charge in [0.2, 0.25) is 5.91 Å². The Morgan fingerprint density at radius 1 is 1.33 bits per heavy atom. The second-order valence-corrected chi connectivity index (χ2v) is 4.71. The van der Waals surface area contributed by atoms with Gasteiger partial charge in [0.05, 0.1) is 25.4 Å². The number of carbonyl (C=O) groups is 1. The predicted molar refractivity (Wildman–Crippen MR) is 79.5 cm³/mol. The summed E-state index contributed by atoms with van der Waals surface area (Å²) in [5, 5.41) is 2.52. The zero-order valence-electron chi connectivity index (χ0n) is 12.6. The summed E-state index contributed by atoms with van der Waals surface area (Å²) in [6.45, 7) is 2.79. The maximum absolute atomic E-state index is 11.3. The molecule has 0 spiro atoms. The third-order valence-electron chi connectivity index (χ3n) is 2.92. The molecule has 0 aromatic heterocycles. The summed E-state index contributed by atoms with van der Waals surface area (Å²) in [6, 6.07) is 9.59. The molecule has 118 valence electrons. The first-order valence-electron chi connectivity index (χ1n) is 6.88. The van der Waals surface area contributed by atoms with Crippen LogP contribution in [0.2, 0.25) is 0 Å². The third kappa shape index (κ3) is 7.77. The normalized spacial score (nSPS) is 13.7. The smallest absolute Gasteiger partial charge is 0.247 e. The highest BCUT2D eigenvalue weighted by Gasteiger charge is 2.14. The SMILES string of the molecule is COCNC(=O)COC[C@@H](N)[C@@H](C)OCc1ccccc1. The number of nitrogens with one attached hydrogen (secondary N) is 1. The van der Waals surface area contributed by atoms with Crippen LogP contribution in [0.3, 0.4) is 0 Å². The van der Waals surface area contributed by atoms with Crippen molar-refractivity contribution in [2.24, 2.45) is 5.73 Å². The van der Waals surface area contributed by atoms with Crippen molar-refractivity contribution in [3.8, 4) is 0 Å². The number of rotatable bonds is 10. The van der Waals surface area contributed by atoms with Gasteiger partial charge in [0, 0.05) is 7.11 Å². The molecule has 1 aromatic carbocycles. The largest absolute Gasteiger partial charge is 0.372 e. The maximum Gasteiger partial charge on any atom is 0.247 e. The van der Waals surface area contributed by atoms with E-state index in [-0.39, 0.29) is 38.0 Å². The molecule has 0 saturated carbocycles. The van der Waals surface area contributed by atoms with Crippen molar-refractivity contribution in [2.75, 3.05) is 27.1 Å². The van der Waals surface area contributed by atoms with Gasteiger partial charge in [0.1, 0.15) is 13.3 Å². The Balaban J connectivity index is 2.16. The number of methoxy groups -OCH3 is 1. The Hall–Kier alpha value is -1.47. The summed E-state index contributed by atoms with van der Waals surface area (Å²) in [7, 11) is 1.50.